The second-order valence-corrected chi connectivity index (χ2v) is 8.07. The minimum Gasteiger partial charge on any atom is -0.508 e. The third kappa shape index (κ3) is 2.09. The van der Waals surface area contributed by atoms with E-state index in [1.165, 1.54) is 0 Å². The van der Waals surface area contributed by atoms with E-state index in [1.807, 2.05) is 49.4 Å². The van der Waals surface area contributed by atoms with Gasteiger partial charge in [0.25, 0.3) is 0 Å². The Balaban J connectivity index is 1.77. The highest BCUT2D eigenvalue weighted by atomic mass is 35.5. The van der Waals surface area contributed by atoms with Gasteiger partial charge >= 0.3 is 5.97 Å². The molecule has 30 heavy (non-hydrogen) atoms. The van der Waals surface area contributed by atoms with Crippen LogP contribution < -0.4 is 4.74 Å². The maximum atomic E-state index is 12.9. The quantitative estimate of drug-likeness (QED) is 0.354. The Morgan fingerprint density at radius 1 is 0.933 bits per heavy atom. The van der Waals surface area contributed by atoms with Crippen molar-refractivity contribution in [3.8, 4) is 17.2 Å². The van der Waals surface area contributed by atoms with E-state index in [4.69, 9.17) is 21.1 Å². The van der Waals surface area contributed by atoms with Crippen molar-refractivity contribution < 1.29 is 19.4 Å². The zero-order chi connectivity index (χ0) is 20.6. The third-order valence-corrected chi connectivity index (χ3v) is 6.36. The number of esters is 1. The maximum Gasteiger partial charge on any atom is 0.340 e. The first-order chi connectivity index (χ1) is 14.5. The van der Waals surface area contributed by atoms with Crippen molar-refractivity contribution in [2.24, 2.45) is 0 Å². The summed E-state index contributed by atoms with van der Waals surface area (Å²) in [7, 11) is 0. The Morgan fingerprint density at radius 3 is 2.60 bits per heavy atom. The second kappa shape index (κ2) is 5.77. The van der Waals surface area contributed by atoms with Gasteiger partial charge in [0.1, 0.15) is 17.2 Å². The summed E-state index contributed by atoms with van der Waals surface area (Å²) in [6.07, 6.45) is 0. The Labute approximate surface area is 177 Å². The van der Waals surface area contributed by atoms with Gasteiger partial charge in [0.2, 0.25) is 0 Å². The number of hydrogen-bond donors (Lipinski definition) is 1. The van der Waals surface area contributed by atoms with Crippen molar-refractivity contribution in [3.63, 3.8) is 0 Å². The number of rotatable bonds is 0. The highest BCUT2D eigenvalue weighted by Gasteiger charge is 2.53. The van der Waals surface area contributed by atoms with Gasteiger partial charge in [0.05, 0.1) is 5.56 Å². The van der Waals surface area contributed by atoms with E-state index < -0.39 is 5.60 Å². The van der Waals surface area contributed by atoms with Crippen LogP contribution in [0.3, 0.4) is 0 Å². The average Bonchev–Trinajstić information content (AvgIpc) is 3.02. The Morgan fingerprint density at radius 2 is 1.73 bits per heavy atom. The first-order valence-corrected chi connectivity index (χ1v) is 9.94. The van der Waals surface area contributed by atoms with Crippen molar-refractivity contribution in [3.05, 3.63) is 99.6 Å². The molecule has 0 saturated carbocycles. The SMILES string of the molecule is Cc1cc2ccc3c(c2cc1Cl)Oc1cc(O)ccc1C31OC(=O)c2ccccc21. The molecule has 1 spiro atoms. The molecule has 1 unspecified atom stereocenters. The summed E-state index contributed by atoms with van der Waals surface area (Å²) < 4.78 is 12.4. The molecule has 4 aromatic rings. The van der Waals surface area contributed by atoms with Crippen LogP contribution in [0.5, 0.6) is 17.2 Å². The molecule has 1 N–H and O–H groups in total. The predicted molar refractivity (Wildman–Crippen MR) is 114 cm³/mol. The number of ether oxygens (including phenoxy) is 2. The largest absolute Gasteiger partial charge is 0.508 e. The van der Waals surface area contributed by atoms with Gasteiger partial charge in [-0.1, -0.05) is 35.9 Å². The number of carbonyl (C=O) groups excluding carboxylic acids is 1. The monoisotopic (exact) mass is 414 g/mol. The molecule has 0 amide bonds. The molecule has 1 atom stereocenters. The zero-order valence-corrected chi connectivity index (χ0v) is 16.7. The van der Waals surface area contributed by atoms with Crippen LogP contribution in [-0.4, -0.2) is 11.1 Å². The number of aryl methyl sites for hydroxylation is 1. The lowest BCUT2D eigenvalue weighted by Crippen LogP contribution is -2.33. The zero-order valence-electron chi connectivity index (χ0n) is 15.9. The molecule has 146 valence electrons. The van der Waals surface area contributed by atoms with E-state index in [0.717, 1.165) is 27.5 Å². The molecule has 6 rings (SSSR count). The number of halogens is 1. The highest BCUT2D eigenvalue weighted by Crippen LogP contribution is 2.58. The smallest absolute Gasteiger partial charge is 0.340 e. The summed E-state index contributed by atoms with van der Waals surface area (Å²) >= 11 is 6.43. The van der Waals surface area contributed by atoms with Gasteiger partial charge in [-0.15, -0.1) is 0 Å². The minimum absolute atomic E-state index is 0.0686. The minimum atomic E-state index is -1.16. The van der Waals surface area contributed by atoms with Crippen LogP contribution in [0.1, 0.15) is 32.6 Å². The summed E-state index contributed by atoms with van der Waals surface area (Å²) in [5.41, 5.74) is 2.48. The molecule has 0 radical (unpaired) electrons. The summed E-state index contributed by atoms with van der Waals surface area (Å²) in [5, 5.41) is 12.5. The van der Waals surface area contributed by atoms with E-state index >= 15 is 0 Å². The molecule has 0 saturated heterocycles. The molecule has 2 heterocycles. The molecule has 4 aromatic carbocycles. The molecule has 0 bridgehead atoms. The van der Waals surface area contributed by atoms with E-state index in [2.05, 4.69) is 0 Å². The topological polar surface area (TPSA) is 55.8 Å². The van der Waals surface area contributed by atoms with Gasteiger partial charge in [-0.05, 0) is 54.3 Å². The lowest BCUT2D eigenvalue weighted by molar-refractivity contribution is 0.0225. The fourth-order valence-corrected chi connectivity index (χ4v) is 4.74. The lowest BCUT2D eigenvalue weighted by atomic mass is 9.77. The summed E-state index contributed by atoms with van der Waals surface area (Å²) in [5.74, 6) is 0.687. The number of carbonyl (C=O) groups is 1. The summed E-state index contributed by atoms with van der Waals surface area (Å²) in [6, 6.07) is 20.0. The van der Waals surface area contributed by atoms with Crippen molar-refractivity contribution in [1.29, 1.82) is 0 Å². The van der Waals surface area contributed by atoms with Crippen LogP contribution in [0.2, 0.25) is 5.02 Å². The van der Waals surface area contributed by atoms with Gasteiger partial charge in [-0.25, -0.2) is 4.79 Å². The average molecular weight is 415 g/mol. The molecule has 0 fully saturated rings. The Kier molecular flexibility index (Phi) is 3.34. The number of aromatic hydroxyl groups is 1. The number of fused-ring (bicyclic) bond motifs is 8. The fraction of sp³-hybridized carbons (Fsp3) is 0.0800. The van der Waals surface area contributed by atoms with Crippen LogP contribution in [0.15, 0.2) is 66.7 Å². The Bertz CT molecular complexity index is 1410. The molecule has 2 aliphatic rings. The summed E-state index contributed by atoms with van der Waals surface area (Å²) in [6.45, 7) is 1.95. The Hall–Kier alpha value is -3.50. The van der Waals surface area contributed by atoms with Gasteiger partial charge < -0.3 is 14.6 Å². The predicted octanol–water partition coefficient (Wildman–Crippen LogP) is 6.08. The van der Waals surface area contributed by atoms with E-state index in [0.29, 0.717) is 27.6 Å². The molecule has 0 aliphatic carbocycles. The maximum absolute atomic E-state index is 12.9. The second-order valence-electron chi connectivity index (χ2n) is 7.66. The molecular formula is C25H15ClO4. The molecule has 5 heteroatoms. The van der Waals surface area contributed by atoms with Crippen LogP contribution in [-0.2, 0) is 10.3 Å². The standard InChI is InChI=1S/C25H15ClO4/c1-13-10-14-6-8-20-23(17(14)12-21(13)26)29-22-11-15(27)7-9-19(22)25(20)18-5-3-2-4-16(18)24(28)30-25/h2-12,27H,1H3. The molecule has 2 aliphatic heterocycles. The van der Waals surface area contributed by atoms with E-state index in [-0.39, 0.29) is 11.7 Å². The normalized spacial score (nSPS) is 18.5. The molecule has 0 aromatic heterocycles. The highest BCUT2D eigenvalue weighted by molar-refractivity contribution is 6.32. The first-order valence-electron chi connectivity index (χ1n) is 9.56. The van der Waals surface area contributed by atoms with Crippen molar-refractivity contribution in [2.75, 3.05) is 0 Å². The van der Waals surface area contributed by atoms with Crippen molar-refractivity contribution in [2.45, 2.75) is 12.5 Å². The summed E-state index contributed by atoms with van der Waals surface area (Å²) in [4.78, 5) is 12.9. The number of hydrogen-bond acceptors (Lipinski definition) is 4. The molecule has 4 nitrogen and oxygen atoms in total. The number of benzene rings is 4. The third-order valence-electron chi connectivity index (χ3n) is 5.96. The van der Waals surface area contributed by atoms with Gasteiger partial charge in [0.15, 0.2) is 5.60 Å². The molecular weight excluding hydrogens is 400 g/mol. The first kappa shape index (κ1) is 17.4. The fourth-order valence-electron chi connectivity index (χ4n) is 4.58. The van der Waals surface area contributed by atoms with Crippen LogP contribution in [0.25, 0.3) is 10.8 Å². The lowest BCUT2D eigenvalue weighted by Gasteiger charge is -2.37. The van der Waals surface area contributed by atoms with Gasteiger partial charge in [0, 0.05) is 33.2 Å². The van der Waals surface area contributed by atoms with Gasteiger partial charge in [-0.2, -0.15) is 0 Å². The van der Waals surface area contributed by atoms with Crippen molar-refractivity contribution in [1.82, 2.24) is 0 Å². The van der Waals surface area contributed by atoms with E-state index in [1.54, 1.807) is 24.3 Å². The van der Waals surface area contributed by atoms with Crippen LogP contribution in [0.4, 0.5) is 0 Å². The number of phenols is 1. The van der Waals surface area contributed by atoms with Crippen LogP contribution in [0, 0.1) is 6.92 Å². The van der Waals surface area contributed by atoms with Crippen molar-refractivity contribution >= 4 is 28.3 Å². The van der Waals surface area contributed by atoms with Crippen LogP contribution >= 0.6 is 11.6 Å². The van der Waals surface area contributed by atoms with E-state index in [9.17, 15) is 9.90 Å². The number of phenolic OH excluding ortho intramolecular Hbond substituents is 1. The van der Waals surface area contributed by atoms with Gasteiger partial charge in [-0.3, -0.25) is 0 Å².